The average molecular weight is 422 g/mol. The number of hydrogen-bond acceptors (Lipinski definition) is 12. The zero-order chi connectivity index (χ0) is 21.7. The van der Waals surface area contributed by atoms with E-state index in [0.717, 1.165) is 13.4 Å². The molecular formula is C17H26O12. The van der Waals surface area contributed by atoms with E-state index in [1.54, 1.807) is 0 Å². The van der Waals surface area contributed by atoms with Crippen molar-refractivity contribution in [1.82, 2.24) is 0 Å². The topological polar surface area (TPSA) is 196 Å². The molecule has 12 heteroatoms. The van der Waals surface area contributed by atoms with Crippen molar-refractivity contribution in [3.63, 3.8) is 0 Å². The van der Waals surface area contributed by atoms with Gasteiger partial charge in [0.2, 0.25) is 6.29 Å². The summed E-state index contributed by atoms with van der Waals surface area (Å²) in [6, 6.07) is 0. The van der Waals surface area contributed by atoms with Gasteiger partial charge in [-0.3, -0.25) is 0 Å². The molecule has 2 aliphatic heterocycles. The van der Waals surface area contributed by atoms with E-state index < -0.39 is 84.8 Å². The summed E-state index contributed by atoms with van der Waals surface area (Å²) in [5.74, 6) is -3.01. The van der Waals surface area contributed by atoms with Gasteiger partial charge >= 0.3 is 5.97 Å². The molecule has 0 aromatic carbocycles. The second-order valence-corrected chi connectivity index (χ2v) is 7.51. The Morgan fingerprint density at radius 1 is 1.10 bits per heavy atom. The summed E-state index contributed by atoms with van der Waals surface area (Å²) in [4.78, 5) is 12.1. The minimum Gasteiger partial charge on any atom is -0.471 e. The monoisotopic (exact) mass is 422 g/mol. The molecule has 0 aromatic rings. The maximum absolute atomic E-state index is 12.1. The molecule has 1 aliphatic carbocycles. The van der Waals surface area contributed by atoms with Crippen LogP contribution < -0.4 is 0 Å². The first-order chi connectivity index (χ1) is 13.6. The molecule has 0 radical (unpaired) electrons. The molecular weight excluding hydrogens is 396 g/mol. The summed E-state index contributed by atoms with van der Waals surface area (Å²) in [5.41, 5.74) is -2.71. The van der Waals surface area contributed by atoms with Crippen molar-refractivity contribution in [3.05, 3.63) is 11.8 Å². The van der Waals surface area contributed by atoms with Crippen LogP contribution in [0.5, 0.6) is 0 Å². The van der Waals surface area contributed by atoms with Crippen molar-refractivity contribution < 1.29 is 59.5 Å². The van der Waals surface area contributed by atoms with Crippen LogP contribution in [0, 0.1) is 11.8 Å². The summed E-state index contributed by atoms with van der Waals surface area (Å²) in [6.07, 6.45) is -11.7. The van der Waals surface area contributed by atoms with Gasteiger partial charge < -0.3 is 54.7 Å². The van der Waals surface area contributed by atoms with Gasteiger partial charge in [-0.1, -0.05) is 6.92 Å². The van der Waals surface area contributed by atoms with Crippen LogP contribution in [0.15, 0.2) is 11.8 Å². The number of aliphatic hydroxyl groups excluding tert-OH is 6. The standard InChI is InChI=1S/C17H26O12/c1-5-8-15(29-16-12(22)11(21)10(20)7(3-18)28-16)27-4-6(14(24)26-2)17(8,25)13(23)9(5)19/h4-5,7-13,15-16,18-23,25H,3H2,1-2H3/t5-,7?,8-,9+,10?,11?,12?,13+,15-,16?,17-/m0/s1. The molecule has 11 atom stereocenters. The van der Waals surface area contributed by atoms with Gasteiger partial charge in [-0.15, -0.1) is 0 Å². The first-order valence-electron chi connectivity index (χ1n) is 9.08. The smallest absolute Gasteiger partial charge is 0.339 e. The Labute approximate surface area is 165 Å². The number of ether oxygens (including phenoxy) is 4. The largest absolute Gasteiger partial charge is 0.471 e. The molecule has 1 saturated heterocycles. The van der Waals surface area contributed by atoms with Crippen molar-refractivity contribution in [3.8, 4) is 0 Å². The van der Waals surface area contributed by atoms with Crippen molar-refractivity contribution in [2.45, 2.75) is 61.7 Å². The highest BCUT2D eigenvalue weighted by atomic mass is 16.8. The van der Waals surface area contributed by atoms with Crippen LogP contribution in [-0.2, 0) is 23.7 Å². The normalized spacial score (nSPS) is 49.8. The van der Waals surface area contributed by atoms with Gasteiger partial charge in [0.1, 0.15) is 48.0 Å². The van der Waals surface area contributed by atoms with E-state index in [1.165, 1.54) is 6.92 Å². The lowest BCUT2D eigenvalue weighted by molar-refractivity contribution is -0.347. The van der Waals surface area contributed by atoms with Crippen molar-refractivity contribution in [1.29, 1.82) is 0 Å². The molecule has 1 saturated carbocycles. The van der Waals surface area contributed by atoms with Gasteiger partial charge in [-0.05, 0) is 5.92 Å². The second-order valence-electron chi connectivity index (χ2n) is 7.51. The molecule has 3 aliphatic rings. The highest BCUT2D eigenvalue weighted by Crippen LogP contribution is 2.50. The van der Waals surface area contributed by atoms with E-state index in [2.05, 4.69) is 4.74 Å². The molecule has 3 rings (SSSR count). The second kappa shape index (κ2) is 8.06. The Kier molecular flexibility index (Phi) is 6.21. The SMILES string of the molecule is COC(=O)C1=CO[C@@H](OC2OC(CO)C(O)C(O)C2O)[C@@H]2[C@H](C)[C@@H](O)[C@@H](O)[C@]12O. The lowest BCUT2D eigenvalue weighted by atomic mass is 9.78. The number of fused-ring (bicyclic) bond motifs is 1. The van der Waals surface area contributed by atoms with Crippen LogP contribution in [0.1, 0.15) is 6.92 Å². The fraction of sp³-hybridized carbons (Fsp3) is 0.824. The average Bonchev–Trinajstić information content (AvgIpc) is 2.88. The third-order valence-electron chi connectivity index (χ3n) is 5.95. The van der Waals surface area contributed by atoms with Crippen LogP contribution in [0.25, 0.3) is 0 Å². The Morgan fingerprint density at radius 2 is 1.76 bits per heavy atom. The van der Waals surface area contributed by atoms with Crippen molar-refractivity contribution >= 4 is 5.97 Å². The number of methoxy groups -OCH3 is 1. The van der Waals surface area contributed by atoms with Gasteiger partial charge in [-0.2, -0.15) is 0 Å². The fourth-order valence-corrected chi connectivity index (χ4v) is 4.22. The third kappa shape index (κ3) is 3.34. The van der Waals surface area contributed by atoms with Crippen LogP contribution in [-0.4, -0.2) is 110 Å². The Balaban J connectivity index is 1.91. The predicted octanol–water partition coefficient (Wildman–Crippen LogP) is -4.07. The molecule has 29 heavy (non-hydrogen) atoms. The maximum atomic E-state index is 12.1. The van der Waals surface area contributed by atoms with Gasteiger partial charge in [-0.25, -0.2) is 4.79 Å². The number of carbonyl (C=O) groups is 1. The number of carbonyl (C=O) groups excluding carboxylic acids is 1. The van der Waals surface area contributed by atoms with Gasteiger partial charge in [0, 0.05) is 0 Å². The lowest BCUT2D eigenvalue weighted by Gasteiger charge is -2.45. The molecule has 2 fully saturated rings. The predicted molar refractivity (Wildman–Crippen MR) is 89.4 cm³/mol. The molecule has 12 nitrogen and oxygen atoms in total. The van der Waals surface area contributed by atoms with E-state index >= 15 is 0 Å². The minimum atomic E-state index is -2.29. The number of esters is 1. The van der Waals surface area contributed by atoms with Crippen LogP contribution in [0.3, 0.4) is 0 Å². The minimum absolute atomic E-state index is 0.422. The van der Waals surface area contributed by atoms with E-state index in [4.69, 9.17) is 14.2 Å². The molecule has 0 amide bonds. The Bertz CT molecular complexity index is 652. The van der Waals surface area contributed by atoms with Crippen LogP contribution >= 0.6 is 0 Å². The van der Waals surface area contributed by atoms with E-state index in [1.807, 2.05) is 0 Å². The van der Waals surface area contributed by atoms with E-state index in [0.29, 0.717) is 0 Å². The summed E-state index contributed by atoms with van der Waals surface area (Å²) >= 11 is 0. The highest BCUT2D eigenvalue weighted by molar-refractivity contribution is 5.91. The lowest BCUT2D eigenvalue weighted by Crippen LogP contribution is -2.61. The van der Waals surface area contributed by atoms with Crippen LogP contribution in [0.2, 0.25) is 0 Å². The molecule has 166 valence electrons. The summed E-state index contributed by atoms with van der Waals surface area (Å²) in [6.45, 7) is 0.813. The zero-order valence-electron chi connectivity index (χ0n) is 15.7. The van der Waals surface area contributed by atoms with Gasteiger partial charge in [0.25, 0.3) is 0 Å². The molecule has 0 spiro atoms. The first kappa shape index (κ1) is 22.3. The summed E-state index contributed by atoms with van der Waals surface area (Å²) in [7, 11) is 1.07. The van der Waals surface area contributed by atoms with Crippen molar-refractivity contribution in [2.24, 2.45) is 11.8 Å². The first-order valence-corrected chi connectivity index (χ1v) is 9.08. The quantitative estimate of drug-likeness (QED) is 0.217. The molecule has 5 unspecified atom stereocenters. The maximum Gasteiger partial charge on any atom is 0.339 e. The summed E-state index contributed by atoms with van der Waals surface area (Å²) < 4.78 is 20.8. The fourth-order valence-electron chi connectivity index (χ4n) is 4.22. The number of hydrogen-bond donors (Lipinski definition) is 7. The number of aliphatic hydroxyl groups is 7. The third-order valence-corrected chi connectivity index (χ3v) is 5.95. The van der Waals surface area contributed by atoms with Gasteiger partial charge in [0.15, 0.2) is 6.29 Å². The zero-order valence-corrected chi connectivity index (χ0v) is 15.7. The summed E-state index contributed by atoms with van der Waals surface area (Å²) in [5, 5.41) is 71.1. The van der Waals surface area contributed by atoms with E-state index in [9.17, 15) is 40.5 Å². The van der Waals surface area contributed by atoms with E-state index in [-0.39, 0.29) is 0 Å². The molecule has 0 bridgehead atoms. The van der Waals surface area contributed by atoms with Gasteiger partial charge in [0.05, 0.1) is 25.7 Å². The van der Waals surface area contributed by atoms with Crippen LogP contribution in [0.4, 0.5) is 0 Å². The Morgan fingerprint density at radius 3 is 2.34 bits per heavy atom. The Hall–Kier alpha value is -1.35. The molecule has 2 heterocycles. The molecule has 7 N–H and O–H groups in total. The molecule has 0 aromatic heterocycles. The van der Waals surface area contributed by atoms with Crippen molar-refractivity contribution in [2.75, 3.05) is 13.7 Å². The number of rotatable bonds is 4. The highest BCUT2D eigenvalue weighted by Gasteiger charge is 2.66.